The van der Waals surface area contributed by atoms with Crippen LogP contribution in [0.25, 0.3) is 0 Å². The molecular weight excluding hydrogens is 300 g/mol. The van der Waals surface area contributed by atoms with Gasteiger partial charge in [0.2, 0.25) is 5.88 Å². The number of thiophene rings is 1. The first-order valence-corrected chi connectivity index (χ1v) is 6.89. The Balaban J connectivity index is 1.92. The van der Waals surface area contributed by atoms with Gasteiger partial charge in [0.25, 0.3) is 0 Å². The Labute approximate surface area is 113 Å². The summed E-state index contributed by atoms with van der Waals surface area (Å²) in [6.07, 6.45) is 1.73. The van der Waals surface area contributed by atoms with Crippen LogP contribution in [0, 0.1) is 0 Å². The van der Waals surface area contributed by atoms with Gasteiger partial charge in [0.05, 0.1) is 7.11 Å². The summed E-state index contributed by atoms with van der Waals surface area (Å²) in [7, 11) is 1.64. The summed E-state index contributed by atoms with van der Waals surface area (Å²) in [6, 6.07) is 6.00. The second kappa shape index (κ2) is 6.14. The van der Waals surface area contributed by atoms with Gasteiger partial charge in [-0.1, -0.05) is 6.07 Å². The van der Waals surface area contributed by atoms with Crippen LogP contribution in [0.5, 0.6) is 5.88 Å². The average Bonchev–Trinajstić information content (AvgIpc) is 2.76. The fourth-order valence-electron chi connectivity index (χ4n) is 1.50. The SMILES string of the molecule is COc1ncccc1CNCc1sccc1Br. The molecule has 3 nitrogen and oxygen atoms in total. The van der Waals surface area contributed by atoms with Gasteiger partial charge in [-0.05, 0) is 33.4 Å². The van der Waals surface area contributed by atoms with Crippen molar-refractivity contribution >= 4 is 27.3 Å². The quantitative estimate of drug-likeness (QED) is 0.920. The van der Waals surface area contributed by atoms with Crippen LogP contribution >= 0.6 is 27.3 Å². The van der Waals surface area contributed by atoms with E-state index >= 15 is 0 Å². The number of aromatic nitrogens is 1. The molecule has 2 heterocycles. The van der Waals surface area contributed by atoms with Crippen LogP contribution in [0.15, 0.2) is 34.2 Å². The van der Waals surface area contributed by atoms with E-state index in [2.05, 4.69) is 37.7 Å². The van der Waals surface area contributed by atoms with Gasteiger partial charge in [-0.15, -0.1) is 11.3 Å². The van der Waals surface area contributed by atoms with E-state index in [9.17, 15) is 0 Å². The molecule has 17 heavy (non-hydrogen) atoms. The molecule has 0 radical (unpaired) electrons. The van der Waals surface area contributed by atoms with Gasteiger partial charge >= 0.3 is 0 Å². The largest absolute Gasteiger partial charge is 0.481 e. The van der Waals surface area contributed by atoms with Crippen LogP contribution in [0.3, 0.4) is 0 Å². The van der Waals surface area contributed by atoms with Crippen molar-refractivity contribution in [3.05, 3.63) is 44.7 Å². The zero-order valence-corrected chi connectivity index (χ0v) is 11.8. The topological polar surface area (TPSA) is 34.1 Å². The lowest BCUT2D eigenvalue weighted by atomic mass is 10.2. The van der Waals surface area contributed by atoms with Gasteiger partial charge in [0, 0.05) is 34.2 Å². The molecule has 0 saturated carbocycles. The summed E-state index contributed by atoms with van der Waals surface area (Å²) in [6.45, 7) is 1.59. The Kier molecular flexibility index (Phi) is 4.53. The molecule has 0 aromatic carbocycles. The molecule has 0 fully saturated rings. The van der Waals surface area contributed by atoms with E-state index in [0.717, 1.165) is 23.1 Å². The number of methoxy groups -OCH3 is 1. The maximum atomic E-state index is 5.20. The molecule has 90 valence electrons. The molecule has 2 aromatic rings. The summed E-state index contributed by atoms with van der Waals surface area (Å²) < 4.78 is 6.36. The number of nitrogens with zero attached hydrogens (tertiary/aromatic N) is 1. The molecule has 2 aromatic heterocycles. The van der Waals surface area contributed by atoms with E-state index in [1.54, 1.807) is 24.6 Å². The molecule has 0 atom stereocenters. The molecule has 0 amide bonds. The molecule has 2 rings (SSSR count). The van der Waals surface area contributed by atoms with E-state index in [4.69, 9.17) is 4.74 Å². The summed E-state index contributed by atoms with van der Waals surface area (Å²) in [5.74, 6) is 0.685. The summed E-state index contributed by atoms with van der Waals surface area (Å²) in [5, 5.41) is 5.46. The highest BCUT2D eigenvalue weighted by molar-refractivity contribution is 9.10. The fraction of sp³-hybridized carbons (Fsp3) is 0.250. The Morgan fingerprint density at radius 2 is 2.29 bits per heavy atom. The van der Waals surface area contributed by atoms with Crippen LogP contribution in [-0.2, 0) is 13.1 Å². The molecule has 0 aliphatic rings. The Hall–Kier alpha value is -0.910. The van der Waals surface area contributed by atoms with Gasteiger partial charge in [0.15, 0.2) is 0 Å². The van der Waals surface area contributed by atoms with Crippen LogP contribution < -0.4 is 10.1 Å². The number of nitrogens with one attached hydrogen (secondary N) is 1. The number of hydrogen-bond donors (Lipinski definition) is 1. The zero-order chi connectivity index (χ0) is 12.1. The van der Waals surface area contributed by atoms with Gasteiger partial charge in [-0.25, -0.2) is 4.98 Å². The van der Waals surface area contributed by atoms with Crippen molar-refractivity contribution in [3.63, 3.8) is 0 Å². The van der Waals surface area contributed by atoms with Crippen molar-refractivity contribution in [1.29, 1.82) is 0 Å². The maximum absolute atomic E-state index is 5.20. The Morgan fingerprint density at radius 1 is 1.41 bits per heavy atom. The molecule has 0 aliphatic carbocycles. The van der Waals surface area contributed by atoms with Gasteiger partial charge in [-0.3, -0.25) is 0 Å². The van der Waals surface area contributed by atoms with Gasteiger partial charge in [-0.2, -0.15) is 0 Å². The van der Waals surface area contributed by atoms with Crippen molar-refractivity contribution in [2.24, 2.45) is 0 Å². The first-order chi connectivity index (χ1) is 8.31. The number of halogens is 1. The van der Waals surface area contributed by atoms with Crippen molar-refractivity contribution < 1.29 is 4.74 Å². The second-order valence-corrected chi connectivity index (χ2v) is 5.32. The van der Waals surface area contributed by atoms with E-state index in [0.29, 0.717) is 5.88 Å². The third-order valence-electron chi connectivity index (χ3n) is 2.34. The third-order valence-corrected chi connectivity index (χ3v) is 4.26. The predicted octanol–water partition coefficient (Wildman–Crippen LogP) is 3.20. The standard InChI is InChI=1S/C12H13BrN2OS/c1-16-12-9(3-2-5-15-12)7-14-8-11-10(13)4-6-17-11/h2-6,14H,7-8H2,1H3. The molecule has 0 aliphatic heterocycles. The highest BCUT2D eigenvalue weighted by atomic mass is 79.9. The molecule has 0 bridgehead atoms. The third kappa shape index (κ3) is 3.28. The highest BCUT2D eigenvalue weighted by Crippen LogP contribution is 2.22. The Bertz CT molecular complexity index is 487. The van der Waals surface area contributed by atoms with E-state index in [1.807, 2.05) is 12.1 Å². The fourth-order valence-corrected chi connectivity index (χ4v) is 2.97. The van der Waals surface area contributed by atoms with Gasteiger partial charge < -0.3 is 10.1 Å². The molecule has 0 saturated heterocycles. The first kappa shape index (κ1) is 12.5. The Morgan fingerprint density at radius 3 is 3.00 bits per heavy atom. The maximum Gasteiger partial charge on any atom is 0.217 e. The second-order valence-electron chi connectivity index (χ2n) is 3.47. The van der Waals surface area contributed by atoms with Gasteiger partial charge in [0.1, 0.15) is 0 Å². The van der Waals surface area contributed by atoms with Crippen molar-refractivity contribution in [3.8, 4) is 5.88 Å². The molecule has 1 N–H and O–H groups in total. The predicted molar refractivity (Wildman–Crippen MR) is 73.4 cm³/mol. The smallest absolute Gasteiger partial charge is 0.217 e. The molecule has 5 heteroatoms. The molecule has 0 spiro atoms. The number of hydrogen-bond acceptors (Lipinski definition) is 4. The summed E-state index contributed by atoms with van der Waals surface area (Å²) >= 11 is 5.25. The summed E-state index contributed by atoms with van der Waals surface area (Å²) in [5.41, 5.74) is 1.07. The van der Waals surface area contributed by atoms with Crippen LogP contribution in [-0.4, -0.2) is 12.1 Å². The normalized spacial score (nSPS) is 10.5. The van der Waals surface area contributed by atoms with Crippen LogP contribution in [0.1, 0.15) is 10.4 Å². The monoisotopic (exact) mass is 312 g/mol. The van der Waals surface area contributed by atoms with Crippen molar-refractivity contribution in [2.75, 3.05) is 7.11 Å². The molecule has 0 unspecified atom stereocenters. The minimum absolute atomic E-state index is 0.685. The minimum Gasteiger partial charge on any atom is -0.481 e. The van der Waals surface area contributed by atoms with E-state index in [1.165, 1.54) is 4.88 Å². The lowest BCUT2D eigenvalue weighted by Crippen LogP contribution is -2.13. The number of ether oxygens (including phenoxy) is 1. The number of pyridine rings is 1. The van der Waals surface area contributed by atoms with Crippen molar-refractivity contribution in [1.82, 2.24) is 10.3 Å². The highest BCUT2D eigenvalue weighted by Gasteiger charge is 2.04. The first-order valence-electron chi connectivity index (χ1n) is 5.21. The van der Waals surface area contributed by atoms with E-state index in [-0.39, 0.29) is 0 Å². The van der Waals surface area contributed by atoms with E-state index < -0.39 is 0 Å². The lowest BCUT2D eigenvalue weighted by molar-refractivity contribution is 0.390. The number of rotatable bonds is 5. The van der Waals surface area contributed by atoms with Crippen LogP contribution in [0.2, 0.25) is 0 Å². The average molecular weight is 313 g/mol. The zero-order valence-electron chi connectivity index (χ0n) is 9.44. The lowest BCUT2D eigenvalue weighted by Gasteiger charge is -2.07. The van der Waals surface area contributed by atoms with Crippen LogP contribution in [0.4, 0.5) is 0 Å². The minimum atomic E-state index is 0.685. The molecular formula is C12H13BrN2OS. The van der Waals surface area contributed by atoms with Crippen molar-refractivity contribution in [2.45, 2.75) is 13.1 Å². The summed E-state index contributed by atoms with van der Waals surface area (Å²) in [4.78, 5) is 5.46.